The minimum absolute atomic E-state index is 0.250. The molecule has 70 valence electrons. The highest BCUT2D eigenvalue weighted by Crippen LogP contribution is 2.24. The number of rotatable bonds is 1. The Labute approximate surface area is 71.1 Å². The molecule has 0 aliphatic heterocycles. The molecule has 0 saturated heterocycles. The number of hydrogen-bond acceptors (Lipinski definition) is 3. The van der Waals surface area contributed by atoms with E-state index in [2.05, 4.69) is 9.84 Å². The summed E-state index contributed by atoms with van der Waals surface area (Å²) in [6.07, 6.45) is -3.81. The number of ether oxygens (including phenoxy) is 1. The number of nitrogens with zero attached hydrogens (tertiary/aromatic N) is 3. The van der Waals surface area contributed by atoms with Gasteiger partial charge in [0.2, 0.25) is 5.88 Å². The van der Waals surface area contributed by atoms with E-state index in [1.807, 2.05) is 0 Å². The summed E-state index contributed by atoms with van der Waals surface area (Å²) in [6.45, 7) is 0. The fourth-order valence-electron chi connectivity index (χ4n) is 0.734. The molecule has 0 spiro atoms. The van der Waals surface area contributed by atoms with Gasteiger partial charge in [-0.1, -0.05) is 0 Å². The SMILES string of the molecule is Cn1ncc(C#N)c1OC(F)(F)F. The average molecular weight is 191 g/mol. The number of hydrogen-bond donors (Lipinski definition) is 0. The zero-order valence-electron chi connectivity index (χ0n) is 6.46. The van der Waals surface area contributed by atoms with Crippen molar-refractivity contribution < 1.29 is 17.9 Å². The molecule has 1 aromatic rings. The highest BCUT2D eigenvalue weighted by Gasteiger charge is 2.33. The van der Waals surface area contributed by atoms with E-state index in [9.17, 15) is 13.2 Å². The predicted molar refractivity (Wildman–Crippen MR) is 34.6 cm³/mol. The largest absolute Gasteiger partial charge is 0.574 e. The first-order chi connectivity index (χ1) is 5.94. The predicted octanol–water partition coefficient (Wildman–Crippen LogP) is 1.19. The summed E-state index contributed by atoms with van der Waals surface area (Å²) in [6, 6.07) is 1.53. The van der Waals surface area contributed by atoms with Gasteiger partial charge in [-0.3, -0.25) is 0 Å². The second-order valence-corrected chi connectivity index (χ2v) is 2.15. The zero-order valence-corrected chi connectivity index (χ0v) is 6.46. The summed E-state index contributed by atoms with van der Waals surface area (Å²) in [5, 5.41) is 11.8. The summed E-state index contributed by atoms with van der Waals surface area (Å²) in [7, 11) is 1.25. The molecular weight excluding hydrogens is 187 g/mol. The molecule has 0 radical (unpaired) electrons. The van der Waals surface area contributed by atoms with E-state index in [1.54, 1.807) is 0 Å². The summed E-state index contributed by atoms with van der Waals surface area (Å²) < 4.78 is 39.6. The molecule has 1 aromatic heterocycles. The van der Waals surface area contributed by atoms with Gasteiger partial charge in [-0.2, -0.15) is 10.4 Å². The lowest BCUT2D eigenvalue weighted by atomic mass is 10.4. The number of alkyl halides is 3. The van der Waals surface area contributed by atoms with E-state index < -0.39 is 12.2 Å². The van der Waals surface area contributed by atoms with Crippen LogP contribution in [0.3, 0.4) is 0 Å². The van der Waals surface area contributed by atoms with Crippen molar-refractivity contribution in [1.82, 2.24) is 9.78 Å². The van der Waals surface area contributed by atoms with Crippen LogP contribution in [-0.2, 0) is 7.05 Å². The number of halogens is 3. The summed E-state index contributed by atoms with van der Waals surface area (Å²) in [4.78, 5) is 0. The Morgan fingerprint density at radius 1 is 1.62 bits per heavy atom. The molecule has 0 unspecified atom stereocenters. The van der Waals surface area contributed by atoms with Crippen LogP contribution in [-0.4, -0.2) is 16.1 Å². The van der Waals surface area contributed by atoms with Gasteiger partial charge in [-0.15, -0.1) is 13.2 Å². The lowest BCUT2D eigenvalue weighted by Crippen LogP contribution is -2.19. The number of aryl methyl sites for hydroxylation is 1. The minimum atomic E-state index is -4.81. The van der Waals surface area contributed by atoms with Gasteiger partial charge in [0.05, 0.1) is 6.20 Å². The van der Waals surface area contributed by atoms with Gasteiger partial charge in [-0.25, -0.2) is 4.68 Å². The molecule has 1 heterocycles. The molecule has 7 heteroatoms. The van der Waals surface area contributed by atoms with Crippen molar-refractivity contribution in [2.75, 3.05) is 0 Å². The molecule has 0 saturated carbocycles. The second kappa shape index (κ2) is 2.97. The smallest absolute Gasteiger partial charge is 0.387 e. The van der Waals surface area contributed by atoms with Crippen molar-refractivity contribution in [3.8, 4) is 11.9 Å². The van der Waals surface area contributed by atoms with E-state index in [0.29, 0.717) is 0 Å². The average Bonchev–Trinajstić information content (AvgIpc) is 2.30. The quantitative estimate of drug-likeness (QED) is 0.669. The van der Waals surface area contributed by atoms with E-state index in [1.165, 1.54) is 13.1 Å². The Balaban J connectivity index is 3.00. The van der Waals surface area contributed by atoms with Gasteiger partial charge in [0, 0.05) is 7.05 Å². The van der Waals surface area contributed by atoms with Crippen molar-refractivity contribution in [3.63, 3.8) is 0 Å². The van der Waals surface area contributed by atoms with Crippen LogP contribution in [0.2, 0.25) is 0 Å². The van der Waals surface area contributed by atoms with Crippen molar-refractivity contribution in [2.24, 2.45) is 7.05 Å². The third-order valence-corrected chi connectivity index (χ3v) is 1.22. The standard InChI is InChI=1S/C6H4F3N3O/c1-12-5(13-6(7,8)9)4(2-10)3-11-12/h3H,1H3. The normalized spacial score (nSPS) is 11.0. The summed E-state index contributed by atoms with van der Waals surface area (Å²) in [5.74, 6) is -0.602. The topological polar surface area (TPSA) is 50.8 Å². The molecule has 0 fully saturated rings. The van der Waals surface area contributed by atoms with Crippen molar-refractivity contribution >= 4 is 0 Å². The molecule has 1 rings (SSSR count). The third-order valence-electron chi connectivity index (χ3n) is 1.22. The van der Waals surface area contributed by atoms with Crippen LogP contribution in [0.25, 0.3) is 0 Å². The Bertz CT molecular complexity index is 349. The fourth-order valence-corrected chi connectivity index (χ4v) is 0.734. The van der Waals surface area contributed by atoms with Crippen molar-refractivity contribution in [1.29, 1.82) is 5.26 Å². The van der Waals surface area contributed by atoms with Crippen LogP contribution in [0.1, 0.15) is 5.56 Å². The van der Waals surface area contributed by atoms with E-state index in [4.69, 9.17) is 5.26 Å². The van der Waals surface area contributed by atoms with E-state index in [-0.39, 0.29) is 5.56 Å². The summed E-state index contributed by atoms with van der Waals surface area (Å²) in [5.41, 5.74) is -0.250. The fraction of sp³-hybridized carbons (Fsp3) is 0.333. The molecule has 0 aromatic carbocycles. The molecule has 0 atom stereocenters. The Morgan fingerprint density at radius 2 is 2.23 bits per heavy atom. The van der Waals surface area contributed by atoms with Crippen LogP contribution in [0.5, 0.6) is 5.88 Å². The van der Waals surface area contributed by atoms with Crippen LogP contribution < -0.4 is 4.74 Å². The van der Waals surface area contributed by atoms with Gasteiger partial charge in [-0.05, 0) is 0 Å². The van der Waals surface area contributed by atoms with Crippen molar-refractivity contribution in [2.45, 2.75) is 6.36 Å². The Hall–Kier alpha value is -1.71. The molecular formula is C6H4F3N3O. The monoisotopic (exact) mass is 191 g/mol. The molecule has 4 nitrogen and oxygen atoms in total. The highest BCUT2D eigenvalue weighted by atomic mass is 19.4. The number of nitriles is 1. The van der Waals surface area contributed by atoms with Gasteiger partial charge >= 0.3 is 6.36 Å². The molecule has 13 heavy (non-hydrogen) atoms. The van der Waals surface area contributed by atoms with Gasteiger partial charge in [0.15, 0.2) is 0 Å². The number of aromatic nitrogens is 2. The van der Waals surface area contributed by atoms with Gasteiger partial charge < -0.3 is 4.74 Å². The molecule has 0 amide bonds. The van der Waals surface area contributed by atoms with Crippen LogP contribution in [0.15, 0.2) is 6.20 Å². The lowest BCUT2D eigenvalue weighted by molar-refractivity contribution is -0.277. The van der Waals surface area contributed by atoms with Crippen LogP contribution >= 0.6 is 0 Å². The van der Waals surface area contributed by atoms with Crippen LogP contribution in [0.4, 0.5) is 13.2 Å². The Kier molecular flexibility index (Phi) is 2.14. The van der Waals surface area contributed by atoms with E-state index in [0.717, 1.165) is 10.9 Å². The molecule has 0 aliphatic carbocycles. The maximum Gasteiger partial charge on any atom is 0.574 e. The second-order valence-electron chi connectivity index (χ2n) is 2.15. The zero-order chi connectivity index (χ0) is 10.1. The lowest BCUT2D eigenvalue weighted by Gasteiger charge is -2.08. The molecule has 0 aliphatic rings. The highest BCUT2D eigenvalue weighted by molar-refractivity contribution is 5.36. The van der Waals surface area contributed by atoms with Gasteiger partial charge in [0.1, 0.15) is 11.6 Å². The molecule has 0 bridgehead atoms. The van der Waals surface area contributed by atoms with Crippen molar-refractivity contribution in [3.05, 3.63) is 11.8 Å². The maximum absolute atomic E-state index is 11.7. The minimum Gasteiger partial charge on any atom is -0.387 e. The molecule has 0 N–H and O–H groups in total. The Morgan fingerprint density at radius 3 is 2.69 bits per heavy atom. The van der Waals surface area contributed by atoms with E-state index >= 15 is 0 Å². The summed E-state index contributed by atoms with van der Waals surface area (Å²) >= 11 is 0. The first-order valence-corrected chi connectivity index (χ1v) is 3.12. The first kappa shape index (κ1) is 9.38. The van der Waals surface area contributed by atoms with Gasteiger partial charge in [0.25, 0.3) is 0 Å². The maximum atomic E-state index is 11.7. The third kappa shape index (κ3) is 2.11. The first-order valence-electron chi connectivity index (χ1n) is 3.12. The van der Waals surface area contributed by atoms with Crippen LogP contribution in [0, 0.1) is 11.3 Å².